The molecule has 0 aliphatic rings. The normalized spacial score (nSPS) is 13.6. The minimum atomic E-state index is -2.21. The molecule has 0 unspecified atom stereocenters. The van der Waals surface area contributed by atoms with Crippen molar-refractivity contribution in [2.45, 2.75) is 104 Å². The van der Waals surface area contributed by atoms with E-state index in [1.165, 1.54) is 6.42 Å². The van der Waals surface area contributed by atoms with Crippen LogP contribution >= 0.6 is 0 Å². The number of unbranched alkanes of at least 4 members (excludes halogenated alkanes) is 1. The van der Waals surface area contributed by atoms with Crippen LogP contribution in [-0.4, -0.2) is 102 Å². The lowest BCUT2D eigenvalue weighted by Crippen LogP contribution is -2.52. The van der Waals surface area contributed by atoms with Gasteiger partial charge < -0.3 is 34.4 Å². The summed E-state index contributed by atoms with van der Waals surface area (Å²) in [5, 5.41) is 13.6. The largest absolute Gasteiger partial charge is 0.437 e. The topological polar surface area (TPSA) is 94.5 Å². The third-order valence-electron chi connectivity index (χ3n) is 6.04. The van der Waals surface area contributed by atoms with Crippen molar-refractivity contribution in [1.82, 2.24) is 26.2 Å². The van der Waals surface area contributed by atoms with E-state index in [2.05, 4.69) is 100 Å². The first-order valence-corrected chi connectivity index (χ1v) is 24.4. The smallest absolute Gasteiger partial charge is 0.311 e. The maximum absolute atomic E-state index is 6.81. The predicted molar refractivity (Wildman–Crippen MR) is 180 cm³/mol. The lowest BCUT2D eigenvalue weighted by Gasteiger charge is -2.38. The standard InChI is InChI=1S/C27H65N7O2Si3/c1-12-15-19-30-26(28-13-2)32-21-17-24-37(6,7)35-39(10,11)36-38(8,9)25-18-22-33-27(29-14-3)31-20-16-23-34(4)5/h12-25H2,1-11H3,(H2,28,30,32)(H2,29,31,33). The summed E-state index contributed by atoms with van der Waals surface area (Å²) >= 11 is 0. The van der Waals surface area contributed by atoms with Crippen LogP contribution in [0.2, 0.25) is 51.4 Å². The zero-order valence-corrected chi connectivity index (χ0v) is 30.6. The summed E-state index contributed by atoms with van der Waals surface area (Å²) in [6.45, 7) is 26.6. The molecule has 0 radical (unpaired) electrons. The highest BCUT2D eigenvalue weighted by atomic mass is 28.5. The SMILES string of the molecule is CCCCNC(=NCCC[Si](C)(C)O[Si](C)(C)O[Si](C)(C)CCCNC(=NCCCN(C)C)NCC)NCC. The van der Waals surface area contributed by atoms with Crippen LogP contribution in [0.25, 0.3) is 0 Å². The lowest BCUT2D eigenvalue weighted by molar-refractivity contribution is 0.387. The minimum Gasteiger partial charge on any atom is -0.437 e. The van der Waals surface area contributed by atoms with Gasteiger partial charge in [0.15, 0.2) is 28.6 Å². The Balaban J connectivity index is 4.61. The van der Waals surface area contributed by atoms with Gasteiger partial charge in [-0.05, 0) is 112 Å². The van der Waals surface area contributed by atoms with E-state index in [9.17, 15) is 0 Å². The van der Waals surface area contributed by atoms with Gasteiger partial charge in [-0.2, -0.15) is 0 Å². The minimum absolute atomic E-state index is 0.825. The van der Waals surface area contributed by atoms with E-state index in [1.54, 1.807) is 0 Å². The summed E-state index contributed by atoms with van der Waals surface area (Å²) < 4.78 is 13.6. The number of guanidine groups is 2. The van der Waals surface area contributed by atoms with Gasteiger partial charge in [0.2, 0.25) is 0 Å². The molecule has 0 aromatic rings. The van der Waals surface area contributed by atoms with Gasteiger partial charge in [-0.3, -0.25) is 9.98 Å². The fourth-order valence-electron chi connectivity index (χ4n) is 4.52. The third-order valence-corrected chi connectivity index (χ3v) is 17.5. The molecule has 0 rings (SSSR count). The van der Waals surface area contributed by atoms with E-state index in [4.69, 9.17) is 18.2 Å². The van der Waals surface area contributed by atoms with Gasteiger partial charge in [0, 0.05) is 39.3 Å². The fraction of sp³-hybridized carbons (Fsp3) is 0.926. The second-order valence-electron chi connectivity index (χ2n) is 12.2. The molecule has 39 heavy (non-hydrogen) atoms. The molecule has 0 fully saturated rings. The van der Waals surface area contributed by atoms with Gasteiger partial charge in [0.1, 0.15) is 0 Å². The Labute approximate surface area is 245 Å². The first-order chi connectivity index (χ1) is 18.3. The molecular formula is C27H65N7O2Si3. The van der Waals surface area contributed by atoms with Crippen molar-refractivity contribution in [3.8, 4) is 0 Å². The van der Waals surface area contributed by atoms with Crippen molar-refractivity contribution in [1.29, 1.82) is 0 Å². The van der Waals surface area contributed by atoms with Gasteiger partial charge in [-0.25, -0.2) is 0 Å². The van der Waals surface area contributed by atoms with Gasteiger partial charge in [0.05, 0.1) is 0 Å². The van der Waals surface area contributed by atoms with E-state index >= 15 is 0 Å². The molecule has 0 amide bonds. The Bertz CT molecular complexity index is 690. The Hall–Kier alpha value is -0.929. The van der Waals surface area contributed by atoms with Crippen LogP contribution in [-0.2, 0) is 8.23 Å². The molecule has 9 nitrogen and oxygen atoms in total. The molecule has 0 aromatic carbocycles. The first-order valence-electron chi connectivity index (χ1n) is 15.3. The van der Waals surface area contributed by atoms with E-state index in [0.717, 1.165) is 95.5 Å². The van der Waals surface area contributed by atoms with Crippen molar-refractivity contribution in [3.63, 3.8) is 0 Å². The van der Waals surface area contributed by atoms with Crippen molar-refractivity contribution < 1.29 is 8.23 Å². The first kappa shape index (κ1) is 38.1. The van der Waals surface area contributed by atoms with Crippen molar-refractivity contribution >= 4 is 37.1 Å². The Kier molecular flexibility index (Phi) is 20.4. The molecule has 0 bridgehead atoms. The van der Waals surface area contributed by atoms with Crippen LogP contribution < -0.4 is 21.3 Å². The fourth-order valence-corrected chi connectivity index (χ4v) is 18.6. The molecule has 0 aliphatic heterocycles. The van der Waals surface area contributed by atoms with E-state index in [-0.39, 0.29) is 0 Å². The summed E-state index contributed by atoms with van der Waals surface area (Å²) in [5.74, 6) is 1.85. The van der Waals surface area contributed by atoms with Gasteiger partial charge in [-0.15, -0.1) is 0 Å². The average Bonchev–Trinajstić information content (AvgIpc) is 2.80. The highest BCUT2D eigenvalue weighted by Crippen LogP contribution is 2.26. The molecule has 0 aromatic heterocycles. The van der Waals surface area contributed by atoms with Crippen LogP contribution in [0, 0.1) is 0 Å². The van der Waals surface area contributed by atoms with Crippen LogP contribution in [0.5, 0.6) is 0 Å². The molecule has 4 N–H and O–H groups in total. The maximum atomic E-state index is 6.81. The maximum Gasteiger partial charge on any atom is 0.311 e. The molecule has 0 spiro atoms. The summed E-state index contributed by atoms with van der Waals surface area (Å²) in [5.41, 5.74) is 0. The number of hydrogen-bond acceptors (Lipinski definition) is 5. The molecule has 0 heterocycles. The van der Waals surface area contributed by atoms with Crippen molar-refractivity contribution in [2.24, 2.45) is 9.98 Å². The monoisotopic (exact) mass is 603 g/mol. The van der Waals surface area contributed by atoms with Gasteiger partial charge in [-0.1, -0.05) is 13.3 Å². The molecule has 0 aliphatic carbocycles. The van der Waals surface area contributed by atoms with Crippen molar-refractivity contribution in [2.75, 3.05) is 59.9 Å². The summed E-state index contributed by atoms with van der Waals surface area (Å²) in [7, 11) is -1.68. The average molecular weight is 604 g/mol. The van der Waals surface area contributed by atoms with E-state index in [0.29, 0.717) is 0 Å². The quantitative estimate of drug-likeness (QED) is 0.0650. The summed E-state index contributed by atoms with van der Waals surface area (Å²) in [4.78, 5) is 11.7. The highest BCUT2D eigenvalue weighted by Gasteiger charge is 2.39. The summed E-state index contributed by atoms with van der Waals surface area (Å²) in [6.07, 6.45) is 5.54. The number of nitrogens with zero attached hydrogens (tertiary/aromatic N) is 3. The van der Waals surface area contributed by atoms with E-state index < -0.39 is 25.2 Å². The molecule has 232 valence electrons. The van der Waals surface area contributed by atoms with E-state index in [1.807, 2.05) is 0 Å². The van der Waals surface area contributed by atoms with Gasteiger partial charge in [0.25, 0.3) is 0 Å². The zero-order chi connectivity index (χ0) is 29.8. The third kappa shape index (κ3) is 22.4. The van der Waals surface area contributed by atoms with Crippen LogP contribution in [0.1, 0.15) is 52.9 Å². The van der Waals surface area contributed by atoms with Crippen LogP contribution in [0.3, 0.4) is 0 Å². The Morgan fingerprint density at radius 1 is 0.641 bits per heavy atom. The number of rotatable bonds is 21. The van der Waals surface area contributed by atoms with Crippen LogP contribution in [0.15, 0.2) is 9.98 Å². The Morgan fingerprint density at radius 3 is 1.56 bits per heavy atom. The number of aliphatic imine (C=N–C) groups is 2. The summed E-state index contributed by atoms with van der Waals surface area (Å²) in [6, 6.07) is 2.20. The lowest BCUT2D eigenvalue weighted by atomic mass is 10.3. The van der Waals surface area contributed by atoms with Crippen LogP contribution in [0.4, 0.5) is 0 Å². The van der Waals surface area contributed by atoms with Gasteiger partial charge >= 0.3 is 8.56 Å². The second-order valence-corrected chi connectivity index (χ2v) is 24.7. The molecular weight excluding hydrogens is 539 g/mol. The molecule has 12 heteroatoms. The molecule has 0 atom stereocenters. The Morgan fingerprint density at radius 2 is 1.10 bits per heavy atom. The van der Waals surface area contributed by atoms with Crippen molar-refractivity contribution in [3.05, 3.63) is 0 Å². The molecule has 0 saturated heterocycles. The molecule has 0 saturated carbocycles. The highest BCUT2D eigenvalue weighted by molar-refractivity contribution is 6.87. The number of nitrogens with one attached hydrogen (secondary N) is 4. The second kappa shape index (κ2) is 20.9. The number of hydrogen-bond donors (Lipinski definition) is 4. The predicted octanol–water partition coefficient (Wildman–Crippen LogP) is 4.77. The zero-order valence-electron chi connectivity index (χ0n) is 27.6.